The fraction of sp³-hybridized carbons (Fsp3) is 0.500. The van der Waals surface area contributed by atoms with Crippen LogP contribution in [0.25, 0.3) is 0 Å². The molecule has 1 rings (SSSR count). The third-order valence-electron chi connectivity index (χ3n) is 2.47. The molecule has 0 radical (unpaired) electrons. The molecule has 18 heavy (non-hydrogen) atoms. The monoisotopic (exact) mass is 271 g/mol. The van der Waals surface area contributed by atoms with Gasteiger partial charge in [0.2, 0.25) is 0 Å². The first-order valence-electron chi connectivity index (χ1n) is 6.00. The number of hydrogen-bond acceptors (Lipinski definition) is 3. The summed E-state index contributed by atoms with van der Waals surface area (Å²) >= 11 is 0. The van der Waals surface area contributed by atoms with E-state index in [1.165, 1.54) is 14.1 Å². The second kappa shape index (κ2) is 6.61. The van der Waals surface area contributed by atoms with Crippen molar-refractivity contribution in [1.82, 2.24) is 4.31 Å². The quantitative estimate of drug-likeness (QED) is 0.747. The van der Waals surface area contributed by atoms with Crippen molar-refractivity contribution in [2.75, 3.05) is 30.7 Å². The Hall–Kier alpha value is -1.27. The van der Waals surface area contributed by atoms with Crippen molar-refractivity contribution in [3.05, 3.63) is 24.3 Å². The minimum atomic E-state index is -3.42. The number of benzene rings is 1. The molecule has 6 heteroatoms. The third-order valence-corrected chi connectivity index (χ3v) is 3.93. The molecule has 0 heterocycles. The molecule has 0 amide bonds. The van der Waals surface area contributed by atoms with Gasteiger partial charge in [-0.15, -0.1) is 0 Å². The zero-order chi connectivity index (χ0) is 13.6. The van der Waals surface area contributed by atoms with Gasteiger partial charge in [-0.05, 0) is 30.7 Å². The second-order valence-electron chi connectivity index (χ2n) is 4.25. The Morgan fingerprint density at radius 2 is 1.67 bits per heavy atom. The van der Waals surface area contributed by atoms with Crippen molar-refractivity contribution in [2.45, 2.75) is 19.8 Å². The average Bonchev–Trinajstić information content (AvgIpc) is 2.31. The van der Waals surface area contributed by atoms with E-state index in [2.05, 4.69) is 17.0 Å². The Morgan fingerprint density at radius 3 is 2.17 bits per heavy atom. The highest BCUT2D eigenvalue weighted by atomic mass is 32.2. The molecule has 5 nitrogen and oxygen atoms in total. The standard InChI is InChI=1S/C12H21N3O2S/c1-4-5-10-13-11-6-8-12(9-7-11)14-18(16,17)15(2)3/h6-9,13-14H,4-5,10H2,1-3H3. The van der Waals surface area contributed by atoms with Gasteiger partial charge < -0.3 is 5.32 Å². The highest BCUT2D eigenvalue weighted by Gasteiger charge is 2.12. The SMILES string of the molecule is CCCCNc1ccc(NS(=O)(=O)N(C)C)cc1. The highest BCUT2D eigenvalue weighted by Crippen LogP contribution is 2.15. The van der Waals surface area contributed by atoms with E-state index in [0.29, 0.717) is 5.69 Å². The van der Waals surface area contributed by atoms with Crippen molar-refractivity contribution < 1.29 is 8.42 Å². The Labute approximate surface area is 109 Å². The summed E-state index contributed by atoms with van der Waals surface area (Å²) in [5.41, 5.74) is 1.56. The molecule has 0 bridgehead atoms. The number of anilines is 2. The molecule has 1 aromatic carbocycles. The van der Waals surface area contributed by atoms with Gasteiger partial charge in [-0.2, -0.15) is 12.7 Å². The molecule has 0 atom stereocenters. The fourth-order valence-electron chi connectivity index (χ4n) is 1.31. The molecule has 0 aromatic heterocycles. The van der Waals surface area contributed by atoms with E-state index in [4.69, 9.17) is 0 Å². The maximum atomic E-state index is 11.6. The summed E-state index contributed by atoms with van der Waals surface area (Å²) in [4.78, 5) is 0. The van der Waals surface area contributed by atoms with Crippen LogP contribution in [0.2, 0.25) is 0 Å². The Kier molecular flexibility index (Phi) is 5.43. The van der Waals surface area contributed by atoms with E-state index in [1.54, 1.807) is 12.1 Å². The number of hydrogen-bond donors (Lipinski definition) is 2. The van der Waals surface area contributed by atoms with Crippen molar-refractivity contribution in [3.8, 4) is 0 Å². The summed E-state index contributed by atoms with van der Waals surface area (Å²) in [6.07, 6.45) is 2.27. The predicted molar refractivity (Wildman–Crippen MR) is 76.1 cm³/mol. The smallest absolute Gasteiger partial charge is 0.301 e. The van der Waals surface area contributed by atoms with Crippen molar-refractivity contribution in [1.29, 1.82) is 0 Å². The lowest BCUT2D eigenvalue weighted by molar-refractivity contribution is 0.527. The molecule has 1 aromatic rings. The van der Waals surface area contributed by atoms with Gasteiger partial charge in [0.25, 0.3) is 0 Å². The minimum Gasteiger partial charge on any atom is -0.385 e. The van der Waals surface area contributed by atoms with Crippen LogP contribution in [0.3, 0.4) is 0 Å². The van der Waals surface area contributed by atoms with Crippen LogP contribution in [0.4, 0.5) is 11.4 Å². The van der Waals surface area contributed by atoms with Gasteiger partial charge in [0, 0.05) is 32.0 Å². The highest BCUT2D eigenvalue weighted by molar-refractivity contribution is 7.90. The van der Waals surface area contributed by atoms with Crippen LogP contribution in [0.15, 0.2) is 24.3 Å². The van der Waals surface area contributed by atoms with Crippen LogP contribution < -0.4 is 10.0 Å². The summed E-state index contributed by atoms with van der Waals surface area (Å²) in [5.74, 6) is 0. The van der Waals surface area contributed by atoms with Crippen LogP contribution in [0.5, 0.6) is 0 Å². The Morgan fingerprint density at radius 1 is 1.11 bits per heavy atom. The lowest BCUT2D eigenvalue weighted by atomic mass is 10.2. The number of nitrogens with zero attached hydrogens (tertiary/aromatic N) is 1. The van der Waals surface area contributed by atoms with E-state index in [0.717, 1.165) is 29.4 Å². The topological polar surface area (TPSA) is 61.4 Å². The number of rotatable bonds is 7. The summed E-state index contributed by atoms with van der Waals surface area (Å²) in [5, 5.41) is 3.27. The molecule has 102 valence electrons. The normalized spacial score (nSPS) is 11.6. The first-order chi connectivity index (χ1) is 8.45. The van der Waals surface area contributed by atoms with Gasteiger partial charge >= 0.3 is 10.2 Å². The molecule has 2 N–H and O–H groups in total. The Bertz CT molecular complexity index is 455. The van der Waals surface area contributed by atoms with Gasteiger partial charge in [-0.25, -0.2) is 0 Å². The maximum absolute atomic E-state index is 11.6. The molecule has 0 spiro atoms. The zero-order valence-corrected chi connectivity index (χ0v) is 11.9. The van der Waals surface area contributed by atoms with Crippen LogP contribution in [0, 0.1) is 0 Å². The largest absolute Gasteiger partial charge is 0.385 e. The van der Waals surface area contributed by atoms with Gasteiger partial charge in [-0.3, -0.25) is 4.72 Å². The van der Waals surface area contributed by atoms with Gasteiger partial charge in [0.05, 0.1) is 0 Å². The number of nitrogens with one attached hydrogen (secondary N) is 2. The predicted octanol–water partition coefficient (Wildman–Crippen LogP) is 2.12. The van der Waals surface area contributed by atoms with Gasteiger partial charge in [0.15, 0.2) is 0 Å². The summed E-state index contributed by atoms with van der Waals surface area (Å²) in [6, 6.07) is 7.22. The molecular weight excluding hydrogens is 250 g/mol. The molecule has 0 aliphatic heterocycles. The third kappa shape index (κ3) is 4.54. The van der Waals surface area contributed by atoms with E-state index >= 15 is 0 Å². The molecule has 0 saturated carbocycles. The van der Waals surface area contributed by atoms with Gasteiger partial charge in [0.1, 0.15) is 0 Å². The van der Waals surface area contributed by atoms with Gasteiger partial charge in [-0.1, -0.05) is 13.3 Å². The lowest BCUT2D eigenvalue weighted by Crippen LogP contribution is -2.28. The first kappa shape index (κ1) is 14.8. The minimum absolute atomic E-state index is 0.560. The van der Waals surface area contributed by atoms with Crippen LogP contribution in [-0.2, 0) is 10.2 Å². The molecule has 0 aliphatic carbocycles. The number of unbranched alkanes of at least 4 members (excludes halogenated alkanes) is 1. The van der Waals surface area contributed by atoms with Crippen LogP contribution in [-0.4, -0.2) is 33.4 Å². The molecule has 0 saturated heterocycles. The lowest BCUT2D eigenvalue weighted by Gasteiger charge is -2.13. The first-order valence-corrected chi connectivity index (χ1v) is 7.44. The fourth-order valence-corrected chi connectivity index (χ4v) is 1.92. The van der Waals surface area contributed by atoms with Crippen LogP contribution in [0.1, 0.15) is 19.8 Å². The van der Waals surface area contributed by atoms with Crippen molar-refractivity contribution in [2.24, 2.45) is 0 Å². The van der Waals surface area contributed by atoms with E-state index in [1.807, 2.05) is 12.1 Å². The summed E-state index contributed by atoms with van der Waals surface area (Å²) in [7, 11) is -0.444. The molecule has 0 fully saturated rings. The summed E-state index contributed by atoms with van der Waals surface area (Å²) in [6.45, 7) is 3.07. The van der Waals surface area contributed by atoms with E-state index in [-0.39, 0.29) is 0 Å². The van der Waals surface area contributed by atoms with Crippen LogP contribution >= 0.6 is 0 Å². The Balaban J connectivity index is 2.61. The molecule has 0 aliphatic rings. The molecule has 0 unspecified atom stereocenters. The van der Waals surface area contributed by atoms with E-state index in [9.17, 15) is 8.42 Å². The van der Waals surface area contributed by atoms with E-state index < -0.39 is 10.2 Å². The summed E-state index contributed by atoms with van der Waals surface area (Å²) < 4.78 is 26.8. The molecular formula is C12H21N3O2S. The van der Waals surface area contributed by atoms with Crippen molar-refractivity contribution >= 4 is 21.6 Å². The zero-order valence-electron chi connectivity index (χ0n) is 11.1. The maximum Gasteiger partial charge on any atom is 0.301 e. The van der Waals surface area contributed by atoms with Crippen molar-refractivity contribution in [3.63, 3.8) is 0 Å². The average molecular weight is 271 g/mol. The second-order valence-corrected chi connectivity index (χ2v) is 6.13.